The lowest BCUT2D eigenvalue weighted by molar-refractivity contribution is -0.332. The lowest BCUT2D eigenvalue weighted by Gasteiger charge is -2.42. The van der Waals surface area contributed by atoms with E-state index in [9.17, 15) is 45.3 Å². The number of carbonyl (C=O) groups is 2. The monoisotopic (exact) mass is 967 g/mol. The van der Waals surface area contributed by atoms with Gasteiger partial charge in [-0.05, 0) is 83.5 Å². The summed E-state index contributed by atoms with van der Waals surface area (Å²) in [5, 5.41) is 72.1. The quantitative estimate of drug-likeness (QED) is 0.0183. The molecule has 0 aliphatic carbocycles. The van der Waals surface area contributed by atoms with Crippen LogP contribution in [0.4, 0.5) is 0 Å². The van der Waals surface area contributed by atoms with Gasteiger partial charge in [0.05, 0.1) is 19.8 Å². The van der Waals surface area contributed by atoms with Gasteiger partial charge in [0.2, 0.25) is 0 Å². The van der Waals surface area contributed by atoms with Crippen molar-refractivity contribution in [3.05, 3.63) is 60.8 Å². The lowest BCUT2D eigenvalue weighted by atomic mass is 9.98. The molecule has 0 saturated carbocycles. The van der Waals surface area contributed by atoms with Crippen molar-refractivity contribution >= 4 is 11.9 Å². The van der Waals surface area contributed by atoms with E-state index in [0.717, 1.165) is 89.9 Å². The van der Waals surface area contributed by atoms with Crippen molar-refractivity contribution in [3.8, 4) is 0 Å². The minimum atomic E-state index is -1.77. The Labute approximate surface area is 407 Å². The van der Waals surface area contributed by atoms with E-state index in [1.807, 2.05) is 0 Å². The summed E-state index contributed by atoms with van der Waals surface area (Å²) in [7, 11) is 0. The minimum absolute atomic E-state index is 0.134. The highest BCUT2D eigenvalue weighted by atomic mass is 16.7. The molecule has 2 heterocycles. The van der Waals surface area contributed by atoms with Crippen molar-refractivity contribution in [1.29, 1.82) is 0 Å². The van der Waals surface area contributed by atoms with E-state index in [1.165, 1.54) is 38.5 Å². The average Bonchev–Trinajstić information content (AvgIpc) is 3.33. The fourth-order valence-corrected chi connectivity index (χ4v) is 7.66. The van der Waals surface area contributed by atoms with Gasteiger partial charge in [0.25, 0.3) is 0 Å². The second kappa shape index (κ2) is 39.9. The Balaban J connectivity index is 1.83. The zero-order chi connectivity index (χ0) is 49.6. The van der Waals surface area contributed by atoms with Crippen LogP contribution in [-0.4, -0.2) is 142 Å². The molecule has 0 spiro atoms. The molecule has 11 atom stereocenters. The maximum atomic E-state index is 13.0. The van der Waals surface area contributed by atoms with Crippen LogP contribution in [0.25, 0.3) is 0 Å². The van der Waals surface area contributed by atoms with Crippen molar-refractivity contribution in [1.82, 2.24) is 0 Å². The Hall–Kier alpha value is -2.80. The minimum Gasteiger partial charge on any atom is -0.462 e. The number of hydrogen-bond acceptors (Lipinski definition) is 15. The summed E-state index contributed by atoms with van der Waals surface area (Å²) in [5.41, 5.74) is 0. The Morgan fingerprint density at radius 3 is 1.38 bits per heavy atom. The number of aliphatic hydroxyl groups excluding tert-OH is 7. The summed E-state index contributed by atoms with van der Waals surface area (Å²) in [6.07, 6.45) is 28.1. The molecule has 0 aromatic heterocycles. The molecule has 2 rings (SSSR count). The first-order chi connectivity index (χ1) is 33.0. The number of carbonyl (C=O) groups excluding carboxylic acids is 2. The SMILES string of the molecule is CCCCC/C=C/C/C=C/C/C=C/CCCCCCC(=O)O[C@H](COC(=O)CCCCCCC/C=C/C/C=C/CCCCC)CO[C@H]1O[C@@H](CO[C@H]2O[C@@H](CO)[C@@H](O)C(O)C2O)[C@@H](O)C(O)C1O. The third-order valence-corrected chi connectivity index (χ3v) is 12.0. The van der Waals surface area contributed by atoms with Gasteiger partial charge in [-0.3, -0.25) is 9.59 Å². The van der Waals surface area contributed by atoms with Crippen LogP contribution < -0.4 is 0 Å². The smallest absolute Gasteiger partial charge is 0.306 e. The van der Waals surface area contributed by atoms with Crippen molar-refractivity contribution in [3.63, 3.8) is 0 Å². The lowest BCUT2D eigenvalue weighted by Crippen LogP contribution is -2.61. The second-order valence-corrected chi connectivity index (χ2v) is 18.0. The number of ether oxygens (including phenoxy) is 6. The molecule has 0 aromatic rings. The van der Waals surface area contributed by atoms with Crippen LogP contribution in [0.2, 0.25) is 0 Å². The first-order valence-corrected chi connectivity index (χ1v) is 25.9. The summed E-state index contributed by atoms with van der Waals surface area (Å²) >= 11 is 0. The van der Waals surface area contributed by atoms with E-state index >= 15 is 0 Å². The molecule has 15 nitrogen and oxygen atoms in total. The number of hydrogen-bond donors (Lipinski definition) is 7. The van der Waals surface area contributed by atoms with Crippen molar-refractivity contribution in [2.45, 2.75) is 235 Å². The zero-order valence-electron chi connectivity index (χ0n) is 41.3. The Bertz CT molecular complexity index is 1420. The Morgan fingerprint density at radius 1 is 0.471 bits per heavy atom. The predicted molar refractivity (Wildman–Crippen MR) is 261 cm³/mol. The molecule has 0 amide bonds. The standard InChI is InChI=1S/C53H90O15/c1-3-5-7-9-11-13-15-17-19-20-22-24-26-28-30-32-34-36-45(56)66-41(38-63-44(55)35-33-31-29-27-25-23-21-18-16-14-12-10-8-6-4-2)39-64-52-51(62)49(60)47(58)43(68-52)40-65-53-50(61)48(59)46(57)42(37-54)67-53/h11-14,17-19,21-22,24,41-43,46-54,57-62H,3-10,15-16,20,23,25-40H2,1-2H3/b13-11+,14-12+,19-17+,21-18+,24-22+/t41-,42+,43+,46-,47-,48?,49?,50?,51?,52+,53+/m1/s1. The molecule has 2 saturated heterocycles. The van der Waals surface area contributed by atoms with E-state index in [0.29, 0.717) is 12.8 Å². The van der Waals surface area contributed by atoms with Gasteiger partial charge < -0.3 is 64.2 Å². The molecular formula is C53H90O15. The molecule has 2 fully saturated rings. The molecule has 0 aromatic carbocycles. The fourth-order valence-electron chi connectivity index (χ4n) is 7.66. The normalized spacial score (nSPS) is 26.2. The highest BCUT2D eigenvalue weighted by molar-refractivity contribution is 5.70. The van der Waals surface area contributed by atoms with E-state index < -0.39 is 99.3 Å². The van der Waals surface area contributed by atoms with Crippen molar-refractivity contribution in [2.75, 3.05) is 26.4 Å². The van der Waals surface area contributed by atoms with E-state index in [-0.39, 0.29) is 19.4 Å². The molecule has 4 unspecified atom stereocenters. The highest BCUT2D eigenvalue weighted by Crippen LogP contribution is 2.26. The molecular weight excluding hydrogens is 877 g/mol. The van der Waals surface area contributed by atoms with Crippen molar-refractivity contribution < 1.29 is 73.8 Å². The molecule has 392 valence electrons. The van der Waals surface area contributed by atoms with Crippen LogP contribution in [0.15, 0.2) is 60.8 Å². The molecule has 15 heteroatoms. The van der Waals surface area contributed by atoms with Gasteiger partial charge in [0, 0.05) is 12.8 Å². The van der Waals surface area contributed by atoms with Gasteiger partial charge in [-0.1, -0.05) is 132 Å². The van der Waals surface area contributed by atoms with Gasteiger partial charge in [-0.2, -0.15) is 0 Å². The summed E-state index contributed by atoms with van der Waals surface area (Å²) < 4.78 is 33.5. The topological polar surface area (TPSA) is 231 Å². The Morgan fingerprint density at radius 2 is 0.882 bits per heavy atom. The van der Waals surface area contributed by atoms with Gasteiger partial charge in [-0.15, -0.1) is 0 Å². The predicted octanol–water partition coefficient (Wildman–Crippen LogP) is 7.27. The van der Waals surface area contributed by atoms with E-state index in [4.69, 9.17) is 28.4 Å². The van der Waals surface area contributed by atoms with Crippen LogP contribution in [0.3, 0.4) is 0 Å². The van der Waals surface area contributed by atoms with Crippen molar-refractivity contribution in [2.24, 2.45) is 0 Å². The summed E-state index contributed by atoms with van der Waals surface area (Å²) in [4.78, 5) is 25.8. The molecule has 0 bridgehead atoms. The molecule has 2 aliphatic rings. The second-order valence-electron chi connectivity index (χ2n) is 18.0. The van der Waals surface area contributed by atoms with Crippen LogP contribution in [0, 0.1) is 0 Å². The van der Waals surface area contributed by atoms with Gasteiger partial charge in [0.1, 0.15) is 55.4 Å². The van der Waals surface area contributed by atoms with Gasteiger partial charge >= 0.3 is 11.9 Å². The van der Waals surface area contributed by atoms with Crippen LogP contribution in [0.1, 0.15) is 168 Å². The summed E-state index contributed by atoms with van der Waals surface area (Å²) in [6.45, 7) is 2.48. The maximum Gasteiger partial charge on any atom is 0.306 e. The van der Waals surface area contributed by atoms with Gasteiger partial charge in [0.15, 0.2) is 18.7 Å². The largest absolute Gasteiger partial charge is 0.462 e. The fraction of sp³-hybridized carbons (Fsp3) is 0.774. The van der Waals surface area contributed by atoms with Crippen LogP contribution in [-0.2, 0) is 38.0 Å². The number of esters is 2. The third-order valence-electron chi connectivity index (χ3n) is 12.0. The van der Waals surface area contributed by atoms with Gasteiger partial charge in [-0.25, -0.2) is 0 Å². The maximum absolute atomic E-state index is 13.0. The first kappa shape index (κ1) is 61.3. The average molecular weight is 967 g/mol. The molecule has 2 aliphatic heterocycles. The molecule has 0 radical (unpaired) electrons. The first-order valence-electron chi connectivity index (χ1n) is 25.9. The summed E-state index contributed by atoms with van der Waals surface area (Å²) in [5.74, 6) is -0.970. The zero-order valence-corrected chi connectivity index (χ0v) is 41.3. The number of allylic oxidation sites excluding steroid dienone is 10. The number of unbranched alkanes of at least 4 members (excludes halogenated alkanes) is 15. The Kier molecular flexibility index (Phi) is 36.0. The number of rotatable bonds is 39. The van der Waals surface area contributed by atoms with Crippen LogP contribution >= 0.6 is 0 Å². The van der Waals surface area contributed by atoms with Crippen LogP contribution in [0.5, 0.6) is 0 Å². The molecule has 68 heavy (non-hydrogen) atoms. The molecule has 7 N–H and O–H groups in total. The van der Waals surface area contributed by atoms with E-state index in [1.54, 1.807) is 0 Å². The summed E-state index contributed by atoms with van der Waals surface area (Å²) in [6, 6.07) is 0. The third kappa shape index (κ3) is 27.6. The highest BCUT2D eigenvalue weighted by Gasteiger charge is 2.47. The number of aliphatic hydroxyl groups is 7. The van der Waals surface area contributed by atoms with E-state index in [2.05, 4.69) is 74.6 Å².